The van der Waals surface area contributed by atoms with Crippen LogP contribution in [0.25, 0.3) is 0 Å². The minimum atomic E-state index is -0.480. The number of fused-ring (bicyclic) bond motifs is 1. The summed E-state index contributed by atoms with van der Waals surface area (Å²) in [5.41, 5.74) is 3.34. The van der Waals surface area contributed by atoms with Gasteiger partial charge >= 0.3 is 0 Å². The van der Waals surface area contributed by atoms with Gasteiger partial charge in [-0.25, -0.2) is 0 Å². The van der Waals surface area contributed by atoms with Crippen molar-refractivity contribution in [2.75, 3.05) is 23.3 Å². The summed E-state index contributed by atoms with van der Waals surface area (Å²) in [6.07, 6.45) is 2.31. The molecule has 5 rings (SSSR count). The average Bonchev–Trinajstić information content (AvgIpc) is 3.59. The first-order valence-corrected chi connectivity index (χ1v) is 11.6. The number of para-hydroxylation sites is 1. The first kappa shape index (κ1) is 20.5. The number of carbonyl (C=O) groups is 3. The minimum absolute atomic E-state index is 0.0451. The molecule has 0 spiro atoms. The van der Waals surface area contributed by atoms with Gasteiger partial charge < -0.3 is 15.1 Å². The van der Waals surface area contributed by atoms with Gasteiger partial charge in [0, 0.05) is 30.0 Å². The molecule has 3 amide bonds. The number of nitrogens with one attached hydrogen (secondary N) is 1. The van der Waals surface area contributed by atoms with E-state index in [0.29, 0.717) is 35.6 Å². The van der Waals surface area contributed by atoms with Crippen LogP contribution in [-0.2, 0) is 11.2 Å². The number of benzene rings is 2. The predicted octanol–water partition coefficient (Wildman–Crippen LogP) is 4.19. The Morgan fingerprint density at radius 1 is 0.906 bits per heavy atom. The highest BCUT2D eigenvalue weighted by atomic mass is 32.1. The zero-order valence-electron chi connectivity index (χ0n) is 17.5. The molecular weight excluding hydrogens is 422 g/mol. The fourth-order valence-electron chi connectivity index (χ4n) is 4.45. The van der Waals surface area contributed by atoms with Crippen LogP contribution in [-0.4, -0.2) is 41.8 Å². The van der Waals surface area contributed by atoms with Crippen molar-refractivity contribution in [1.82, 2.24) is 4.90 Å². The summed E-state index contributed by atoms with van der Waals surface area (Å²) < 4.78 is 0. The summed E-state index contributed by atoms with van der Waals surface area (Å²) in [4.78, 5) is 42.7. The van der Waals surface area contributed by atoms with E-state index in [-0.39, 0.29) is 17.7 Å². The van der Waals surface area contributed by atoms with Gasteiger partial charge in [-0.1, -0.05) is 24.3 Å². The van der Waals surface area contributed by atoms with E-state index in [9.17, 15) is 14.4 Å². The van der Waals surface area contributed by atoms with Gasteiger partial charge in [-0.15, -0.1) is 11.3 Å². The standard InChI is InChI=1S/C25H23N3O3S/c29-23(21-7-3-14-27(21)25(31)22-8-4-16-32-22)26-19-11-9-18(10-12-19)24(30)28-15-13-17-5-1-2-6-20(17)28/h1-2,4-6,8-12,16,21H,3,7,13-15H2,(H,26,29)/t21-/m0/s1. The maximum absolute atomic E-state index is 13.0. The summed E-state index contributed by atoms with van der Waals surface area (Å²) >= 11 is 1.39. The van der Waals surface area contributed by atoms with Crippen molar-refractivity contribution in [3.05, 3.63) is 82.0 Å². The molecule has 0 saturated carbocycles. The summed E-state index contributed by atoms with van der Waals surface area (Å²) in [6.45, 7) is 1.26. The molecule has 1 fully saturated rings. The van der Waals surface area contributed by atoms with Gasteiger partial charge in [-0.3, -0.25) is 14.4 Å². The van der Waals surface area contributed by atoms with Gasteiger partial charge in [0.1, 0.15) is 6.04 Å². The normalized spacial score (nSPS) is 17.3. The largest absolute Gasteiger partial charge is 0.326 e. The molecule has 1 saturated heterocycles. The molecule has 1 N–H and O–H groups in total. The van der Waals surface area contributed by atoms with Crippen LogP contribution in [0.5, 0.6) is 0 Å². The molecule has 0 unspecified atom stereocenters. The van der Waals surface area contributed by atoms with Crippen LogP contribution in [0.2, 0.25) is 0 Å². The lowest BCUT2D eigenvalue weighted by Crippen LogP contribution is -2.42. The Kier molecular flexibility index (Phi) is 5.49. The lowest BCUT2D eigenvalue weighted by Gasteiger charge is -2.23. The second-order valence-electron chi connectivity index (χ2n) is 8.04. The zero-order chi connectivity index (χ0) is 22.1. The second kappa shape index (κ2) is 8.59. The number of thiophene rings is 1. The zero-order valence-corrected chi connectivity index (χ0v) is 18.3. The first-order valence-electron chi connectivity index (χ1n) is 10.8. The molecule has 3 aromatic rings. The molecule has 7 heteroatoms. The number of hydrogen-bond acceptors (Lipinski definition) is 4. The second-order valence-corrected chi connectivity index (χ2v) is 8.98. The Bertz CT molecular complexity index is 1160. The SMILES string of the molecule is O=C(Nc1ccc(C(=O)N2CCc3ccccc32)cc1)[C@@H]1CCCN1C(=O)c1cccs1. The van der Waals surface area contributed by atoms with Crippen LogP contribution < -0.4 is 10.2 Å². The maximum Gasteiger partial charge on any atom is 0.264 e. The van der Waals surface area contributed by atoms with Gasteiger partial charge in [0.25, 0.3) is 11.8 Å². The summed E-state index contributed by atoms with van der Waals surface area (Å²) in [5, 5.41) is 4.77. The summed E-state index contributed by atoms with van der Waals surface area (Å²) in [5.74, 6) is -0.333. The van der Waals surface area contributed by atoms with Crippen LogP contribution in [0.3, 0.4) is 0 Å². The van der Waals surface area contributed by atoms with Crippen LogP contribution in [0.15, 0.2) is 66.0 Å². The van der Waals surface area contributed by atoms with E-state index < -0.39 is 6.04 Å². The number of rotatable bonds is 4. The molecule has 1 aromatic heterocycles. The van der Waals surface area contributed by atoms with E-state index in [4.69, 9.17) is 0 Å². The smallest absolute Gasteiger partial charge is 0.264 e. The monoisotopic (exact) mass is 445 g/mol. The Morgan fingerprint density at radius 2 is 1.72 bits per heavy atom. The Balaban J connectivity index is 1.25. The summed E-state index contributed by atoms with van der Waals surface area (Å²) in [7, 11) is 0. The van der Waals surface area contributed by atoms with Crippen LogP contribution >= 0.6 is 11.3 Å². The Labute approximate surface area is 190 Å². The number of anilines is 2. The number of amides is 3. The number of nitrogens with zero attached hydrogens (tertiary/aromatic N) is 2. The van der Waals surface area contributed by atoms with E-state index in [1.165, 1.54) is 16.9 Å². The highest BCUT2D eigenvalue weighted by Gasteiger charge is 2.35. The fourth-order valence-corrected chi connectivity index (χ4v) is 5.13. The number of carbonyl (C=O) groups excluding carboxylic acids is 3. The molecular formula is C25H23N3O3S. The molecule has 0 bridgehead atoms. The molecule has 1 atom stereocenters. The molecule has 3 heterocycles. The quantitative estimate of drug-likeness (QED) is 0.655. The van der Waals surface area contributed by atoms with Gasteiger partial charge in [0.2, 0.25) is 5.91 Å². The number of hydrogen-bond donors (Lipinski definition) is 1. The van der Waals surface area contributed by atoms with Crippen LogP contribution in [0, 0.1) is 0 Å². The molecule has 32 heavy (non-hydrogen) atoms. The van der Waals surface area contributed by atoms with Gasteiger partial charge in [0.15, 0.2) is 0 Å². The van der Waals surface area contributed by atoms with Crippen LogP contribution in [0.4, 0.5) is 11.4 Å². The van der Waals surface area contributed by atoms with Crippen molar-refractivity contribution in [3.63, 3.8) is 0 Å². The lowest BCUT2D eigenvalue weighted by molar-refractivity contribution is -0.119. The van der Waals surface area contributed by atoms with Crippen molar-refractivity contribution >= 4 is 40.4 Å². The van der Waals surface area contributed by atoms with E-state index >= 15 is 0 Å². The molecule has 0 aliphatic carbocycles. The molecule has 2 aliphatic rings. The van der Waals surface area contributed by atoms with Gasteiger partial charge in [-0.2, -0.15) is 0 Å². The Hall–Kier alpha value is -3.45. The van der Waals surface area contributed by atoms with Crippen molar-refractivity contribution in [2.45, 2.75) is 25.3 Å². The van der Waals surface area contributed by atoms with Crippen molar-refractivity contribution in [1.29, 1.82) is 0 Å². The lowest BCUT2D eigenvalue weighted by atomic mass is 10.1. The van der Waals surface area contributed by atoms with Crippen molar-refractivity contribution < 1.29 is 14.4 Å². The highest BCUT2D eigenvalue weighted by Crippen LogP contribution is 2.29. The average molecular weight is 446 g/mol. The third-order valence-electron chi connectivity index (χ3n) is 6.08. The molecule has 162 valence electrons. The highest BCUT2D eigenvalue weighted by molar-refractivity contribution is 7.12. The van der Waals surface area contributed by atoms with Gasteiger partial charge in [0.05, 0.1) is 4.88 Å². The molecule has 2 aliphatic heterocycles. The Morgan fingerprint density at radius 3 is 2.50 bits per heavy atom. The predicted molar refractivity (Wildman–Crippen MR) is 125 cm³/mol. The van der Waals surface area contributed by atoms with Crippen LogP contribution in [0.1, 0.15) is 38.4 Å². The van der Waals surface area contributed by atoms with E-state index in [2.05, 4.69) is 11.4 Å². The third kappa shape index (κ3) is 3.80. The van der Waals surface area contributed by atoms with Crippen molar-refractivity contribution in [2.24, 2.45) is 0 Å². The van der Waals surface area contributed by atoms with E-state index in [0.717, 1.165) is 18.5 Å². The molecule has 6 nitrogen and oxygen atoms in total. The van der Waals surface area contributed by atoms with Gasteiger partial charge in [-0.05, 0) is 66.6 Å². The first-order chi connectivity index (χ1) is 15.6. The van der Waals surface area contributed by atoms with E-state index in [1.54, 1.807) is 40.1 Å². The number of likely N-dealkylation sites (tertiary alicyclic amines) is 1. The summed E-state index contributed by atoms with van der Waals surface area (Å²) in [6, 6.07) is 18.1. The van der Waals surface area contributed by atoms with Crippen molar-refractivity contribution in [3.8, 4) is 0 Å². The minimum Gasteiger partial charge on any atom is -0.326 e. The molecule has 0 radical (unpaired) electrons. The fraction of sp³-hybridized carbons (Fsp3) is 0.240. The molecule has 2 aromatic carbocycles. The topological polar surface area (TPSA) is 69.7 Å². The third-order valence-corrected chi connectivity index (χ3v) is 6.94. The van der Waals surface area contributed by atoms with E-state index in [1.807, 2.05) is 29.6 Å². The maximum atomic E-state index is 13.0.